The summed E-state index contributed by atoms with van der Waals surface area (Å²) < 4.78 is 5.26. The maximum absolute atomic E-state index is 12.2. The van der Waals surface area contributed by atoms with Crippen LogP contribution >= 0.6 is 23.4 Å². The number of methoxy groups -OCH3 is 1. The molecule has 1 heterocycles. The molecule has 30 heavy (non-hydrogen) atoms. The quantitative estimate of drug-likeness (QED) is 0.458. The average molecular weight is 446 g/mol. The lowest BCUT2D eigenvalue weighted by molar-refractivity contribution is -0.113. The number of anilines is 1. The van der Waals surface area contributed by atoms with Gasteiger partial charge in [-0.2, -0.15) is 0 Å². The number of hydrogen-bond acceptors (Lipinski definition) is 6. The molecule has 0 unspecified atom stereocenters. The summed E-state index contributed by atoms with van der Waals surface area (Å²) in [6.07, 6.45) is 0. The number of hydrogen-bond donors (Lipinski definition) is 3. The van der Waals surface area contributed by atoms with Crippen LogP contribution in [-0.4, -0.2) is 39.9 Å². The largest absolute Gasteiger partial charge is 0.495 e. The summed E-state index contributed by atoms with van der Waals surface area (Å²) in [5.41, 5.74) is 2.12. The highest BCUT2D eigenvalue weighted by molar-refractivity contribution is 7.99. The van der Waals surface area contributed by atoms with Crippen molar-refractivity contribution < 1.29 is 14.3 Å². The fraction of sp³-hybridized carbons (Fsp3) is 0.200. The first-order valence-electron chi connectivity index (χ1n) is 8.97. The van der Waals surface area contributed by atoms with Gasteiger partial charge in [-0.25, -0.2) is 4.98 Å². The van der Waals surface area contributed by atoms with Crippen molar-refractivity contribution in [2.45, 2.75) is 18.6 Å². The smallest absolute Gasteiger partial charge is 0.251 e. The zero-order valence-corrected chi connectivity index (χ0v) is 17.9. The van der Waals surface area contributed by atoms with Gasteiger partial charge in [0.2, 0.25) is 11.1 Å². The molecule has 1 aromatic heterocycles. The summed E-state index contributed by atoms with van der Waals surface area (Å²) in [4.78, 5) is 28.6. The second-order valence-electron chi connectivity index (χ2n) is 6.29. The number of nitrogens with zero attached hydrogens (tertiary/aromatic N) is 2. The van der Waals surface area contributed by atoms with Crippen LogP contribution in [0.5, 0.6) is 5.75 Å². The van der Waals surface area contributed by atoms with E-state index in [2.05, 4.69) is 25.8 Å². The van der Waals surface area contributed by atoms with Gasteiger partial charge in [0.1, 0.15) is 11.6 Å². The van der Waals surface area contributed by atoms with Crippen LogP contribution in [0, 0.1) is 6.92 Å². The standard InChI is InChI=1S/C20H20ClN5O3S/c1-12-3-8-16(29-2)15(9-12)23-18(27)11-30-20-24-17(25-26-20)10-22-19(28)13-4-6-14(21)7-5-13/h3-9H,10-11H2,1-2H3,(H,22,28)(H,23,27)(H,24,25,26). The third-order valence-corrected chi connectivity index (χ3v) is 5.09. The van der Waals surface area contributed by atoms with Gasteiger partial charge in [-0.3, -0.25) is 14.7 Å². The maximum atomic E-state index is 12.2. The number of thioether (sulfide) groups is 1. The third-order valence-electron chi connectivity index (χ3n) is 4.00. The van der Waals surface area contributed by atoms with E-state index in [-0.39, 0.29) is 24.1 Å². The van der Waals surface area contributed by atoms with Crippen molar-refractivity contribution in [3.05, 3.63) is 64.4 Å². The van der Waals surface area contributed by atoms with Crippen LogP contribution in [0.4, 0.5) is 5.69 Å². The van der Waals surface area contributed by atoms with Gasteiger partial charge < -0.3 is 15.4 Å². The Labute approximate surface area is 182 Å². The number of halogens is 1. The van der Waals surface area contributed by atoms with Gasteiger partial charge in [0, 0.05) is 10.6 Å². The van der Waals surface area contributed by atoms with E-state index in [1.807, 2.05) is 19.1 Å². The first-order valence-corrected chi connectivity index (χ1v) is 10.3. The molecule has 0 aliphatic rings. The Morgan fingerprint density at radius 2 is 1.97 bits per heavy atom. The molecule has 0 fully saturated rings. The number of aromatic amines is 1. The zero-order valence-electron chi connectivity index (χ0n) is 16.4. The van der Waals surface area contributed by atoms with Crippen molar-refractivity contribution in [1.82, 2.24) is 20.5 Å². The summed E-state index contributed by atoms with van der Waals surface area (Å²) in [6, 6.07) is 12.1. The van der Waals surface area contributed by atoms with Crippen molar-refractivity contribution in [3.63, 3.8) is 0 Å². The Kier molecular flexibility index (Phi) is 7.31. The molecule has 3 rings (SSSR count). The molecular weight excluding hydrogens is 426 g/mol. The molecule has 0 bridgehead atoms. The second kappa shape index (κ2) is 10.1. The lowest BCUT2D eigenvalue weighted by Gasteiger charge is -2.10. The van der Waals surface area contributed by atoms with Crippen LogP contribution in [-0.2, 0) is 11.3 Å². The molecule has 0 aliphatic carbocycles. The molecule has 3 N–H and O–H groups in total. The van der Waals surface area contributed by atoms with E-state index in [4.69, 9.17) is 16.3 Å². The van der Waals surface area contributed by atoms with E-state index < -0.39 is 0 Å². The Bertz CT molecular complexity index is 1040. The molecule has 0 spiro atoms. The van der Waals surface area contributed by atoms with Crippen LogP contribution in [0.3, 0.4) is 0 Å². The number of benzene rings is 2. The molecule has 3 aromatic rings. The Morgan fingerprint density at radius 3 is 2.70 bits per heavy atom. The van der Waals surface area contributed by atoms with Crippen LogP contribution < -0.4 is 15.4 Å². The molecule has 0 atom stereocenters. The molecule has 0 saturated carbocycles. The van der Waals surface area contributed by atoms with Crippen LogP contribution in [0.15, 0.2) is 47.6 Å². The van der Waals surface area contributed by atoms with Crippen LogP contribution in [0.1, 0.15) is 21.7 Å². The minimum Gasteiger partial charge on any atom is -0.495 e. The van der Waals surface area contributed by atoms with Gasteiger partial charge in [-0.1, -0.05) is 29.4 Å². The van der Waals surface area contributed by atoms with Crippen molar-refractivity contribution >= 4 is 40.9 Å². The van der Waals surface area contributed by atoms with Gasteiger partial charge in [-0.15, -0.1) is 5.10 Å². The highest BCUT2D eigenvalue weighted by atomic mass is 35.5. The molecule has 8 nitrogen and oxygen atoms in total. The Balaban J connectivity index is 1.48. The third kappa shape index (κ3) is 5.98. The SMILES string of the molecule is COc1ccc(C)cc1NC(=O)CSc1n[nH]c(CNC(=O)c2ccc(Cl)cc2)n1. The predicted molar refractivity (Wildman–Crippen MR) is 116 cm³/mol. The monoisotopic (exact) mass is 445 g/mol. The van der Waals surface area contributed by atoms with Crippen LogP contribution in [0.2, 0.25) is 5.02 Å². The number of nitrogens with one attached hydrogen (secondary N) is 3. The number of aryl methyl sites for hydroxylation is 1. The van der Waals surface area contributed by atoms with Gasteiger partial charge >= 0.3 is 0 Å². The summed E-state index contributed by atoms with van der Waals surface area (Å²) in [5.74, 6) is 0.761. The first-order chi connectivity index (χ1) is 14.4. The fourth-order valence-corrected chi connectivity index (χ4v) is 3.27. The molecule has 0 saturated heterocycles. The summed E-state index contributed by atoms with van der Waals surface area (Å²) in [6.45, 7) is 2.12. The van der Waals surface area contributed by atoms with E-state index >= 15 is 0 Å². The summed E-state index contributed by atoms with van der Waals surface area (Å²) >= 11 is 7.00. The number of ether oxygens (including phenoxy) is 1. The number of aromatic nitrogens is 3. The minimum absolute atomic E-state index is 0.130. The van der Waals surface area contributed by atoms with Crippen molar-refractivity contribution in [2.75, 3.05) is 18.2 Å². The first kappa shape index (κ1) is 21.7. The van der Waals surface area contributed by atoms with Gasteiger partial charge in [0.15, 0.2) is 0 Å². The fourth-order valence-electron chi connectivity index (χ4n) is 2.52. The van der Waals surface area contributed by atoms with Crippen molar-refractivity contribution in [1.29, 1.82) is 0 Å². The summed E-state index contributed by atoms with van der Waals surface area (Å²) in [5, 5.41) is 13.4. The average Bonchev–Trinajstić information content (AvgIpc) is 3.19. The van der Waals surface area contributed by atoms with E-state index in [1.165, 1.54) is 11.8 Å². The van der Waals surface area contributed by atoms with Gasteiger partial charge in [0.05, 0.1) is 25.1 Å². The summed E-state index contributed by atoms with van der Waals surface area (Å²) in [7, 11) is 1.55. The number of carbonyl (C=O) groups excluding carboxylic acids is 2. The second-order valence-corrected chi connectivity index (χ2v) is 7.67. The van der Waals surface area contributed by atoms with E-state index in [0.29, 0.717) is 33.0 Å². The molecule has 10 heteroatoms. The molecule has 2 aromatic carbocycles. The van der Waals surface area contributed by atoms with Gasteiger partial charge in [0.25, 0.3) is 5.91 Å². The lowest BCUT2D eigenvalue weighted by atomic mass is 10.2. The molecule has 0 aliphatic heterocycles. The highest BCUT2D eigenvalue weighted by Crippen LogP contribution is 2.25. The van der Waals surface area contributed by atoms with E-state index in [9.17, 15) is 9.59 Å². The Morgan fingerprint density at radius 1 is 1.20 bits per heavy atom. The molecule has 0 radical (unpaired) electrons. The lowest BCUT2D eigenvalue weighted by Crippen LogP contribution is -2.23. The molecule has 156 valence electrons. The highest BCUT2D eigenvalue weighted by Gasteiger charge is 2.12. The predicted octanol–water partition coefficient (Wildman–Crippen LogP) is 3.44. The normalized spacial score (nSPS) is 10.5. The number of carbonyl (C=O) groups is 2. The Hall–Kier alpha value is -3.04. The topological polar surface area (TPSA) is 109 Å². The number of rotatable bonds is 8. The maximum Gasteiger partial charge on any atom is 0.251 e. The van der Waals surface area contributed by atoms with Gasteiger partial charge in [-0.05, 0) is 48.9 Å². The number of H-pyrrole nitrogens is 1. The van der Waals surface area contributed by atoms with Crippen molar-refractivity contribution in [2.24, 2.45) is 0 Å². The minimum atomic E-state index is -0.247. The van der Waals surface area contributed by atoms with Crippen molar-refractivity contribution in [3.8, 4) is 5.75 Å². The molecular formula is C20H20ClN5O3S. The van der Waals surface area contributed by atoms with Crippen LogP contribution in [0.25, 0.3) is 0 Å². The zero-order chi connectivity index (χ0) is 21.5. The van der Waals surface area contributed by atoms with E-state index in [1.54, 1.807) is 37.4 Å². The number of amides is 2. The van der Waals surface area contributed by atoms with E-state index in [0.717, 1.165) is 5.56 Å². The molecule has 2 amide bonds.